The summed E-state index contributed by atoms with van der Waals surface area (Å²) in [4.78, 5) is 11.1. The molecule has 0 aliphatic carbocycles. The highest BCUT2D eigenvalue weighted by Crippen LogP contribution is 2.11. The van der Waals surface area contributed by atoms with Crippen molar-refractivity contribution in [3.8, 4) is 0 Å². The average molecular weight is 157 g/mol. The average Bonchev–Trinajstić information content (AvgIpc) is 2.30. The number of methoxy groups -OCH3 is 1. The molecule has 1 rings (SSSR count). The summed E-state index contributed by atoms with van der Waals surface area (Å²) in [7, 11) is 1.45. The van der Waals surface area contributed by atoms with E-state index < -0.39 is 0 Å². The number of esters is 1. The molecule has 64 valence electrons. The van der Waals surface area contributed by atoms with Crippen molar-refractivity contribution in [2.75, 3.05) is 20.2 Å². The van der Waals surface area contributed by atoms with E-state index in [1.165, 1.54) is 13.5 Å². The molecule has 1 saturated heterocycles. The summed E-state index contributed by atoms with van der Waals surface area (Å²) in [6.07, 6.45) is 3.28. The number of nitrogens with one attached hydrogen (secondary N) is 1. The second-order valence-corrected chi connectivity index (χ2v) is 2.92. The lowest BCUT2D eigenvalue weighted by Gasteiger charge is -2.10. The summed E-state index contributed by atoms with van der Waals surface area (Å²) in [5, 5.41) is 3.21. The molecular weight excluding hydrogens is 142 g/mol. The summed E-state index contributed by atoms with van der Waals surface area (Å²) in [5.74, 6) is 0.0156. The van der Waals surface area contributed by atoms with Gasteiger partial charge in [-0.1, -0.05) is 6.42 Å². The van der Waals surface area contributed by atoms with Crippen LogP contribution in [0.1, 0.15) is 19.3 Å². The Morgan fingerprint density at radius 3 is 3.09 bits per heavy atom. The molecule has 1 aliphatic heterocycles. The lowest BCUT2D eigenvalue weighted by atomic mass is 10.0. The first kappa shape index (κ1) is 8.53. The van der Waals surface area contributed by atoms with Crippen LogP contribution in [0.25, 0.3) is 0 Å². The molecule has 0 aromatic rings. The van der Waals surface area contributed by atoms with E-state index in [4.69, 9.17) is 0 Å². The maximum Gasteiger partial charge on any atom is 0.309 e. The Balaban J connectivity index is 2.36. The third kappa shape index (κ3) is 2.50. The monoisotopic (exact) mass is 157 g/mol. The topological polar surface area (TPSA) is 38.3 Å². The number of rotatable bonds is 1. The van der Waals surface area contributed by atoms with Gasteiger partial charge < -0.3 is 10.1 Å². The minimum absolute atomic E-state index is 0.0700. The van der Waals surface area contributed by atoms with Gasteiger partial charge in [-0.2, -0.15) is 0 Å². The second kappa shape index (κ2) is 4.34. The van der Waals surface area contributed by atoms with Crippen LogP contribution in [0.2, 0.25) is 0 Å². The van der Waals surface area contributed by atoms with Gasteiger partial charge in [-0.3, -0.25) is 4.79 Å². The standard InChI is InChI=1S/C8H15NO2/c1-11-8(10)7-4-2-3-5-9-6-7/h7,9H,2-6H2,1H3. The van der Waals surface area contributed by atoms with Crippen LogP contribution in [0, 0.1) is 5.92 Å². The van der Waals surface area contributed by atoms with Crippen LogP contribution in [0.15, 0.2) is 0 Å². The minimum atomic E-state index is -0.0700. The van der Waals surface area contributed by atoms with Crippen LogP contribution in [0.4, 0.5) is 0 Å². The maximum atomic E-state index is 11.1. The number of carbonyl (C=O) groups is 1. The Bertz CT molecular complexity index is 128. The molecule has 0 spiro atoms. The minimum Gasteiger partial charge on any atom is -0.469 e. The van der Waals surface area contributed by atoms with Gasteiger partial charge >= 0.3 is 5.97 Å². The molecule has 3 nitrogen and oxygen atoms in total. The molecule has 1 atom stereocenters. The molecule has 0 bridgehead atoms. The van der Waals surface area contributed by atoms with Crippen LogP contribution in [-0.2, 0) is 9.53 Å². The van der Waals surface area contributed by atoms with E-state index in [9.17, 15) is 4.79 Å². The van der Waals surface area contributed by atoms with E-state index in [2.05, 4.69) is 10.1 Å². The zero-order valence-corrected chi connectivity index (χ0v) is 6.93. The highest BCUT2D eigenvalue weighted by molar-refractivity contribution is 5.72. The van der Waals surface area contributed by atoms with E-state index >= 15 is 0 Å². The van der Waals surface area contributed by atoms with E-state index in [1.54, 1.807) is 0 Å². The molecule has 0 saturated carbocycles. The van der Waals surface area contributed by atoms with Gasteiger partial charge in [0.1, 0.15) is 0 Å². The first-order valence-corrected chi connectivity index (χ1v) is 4.13. The molecule has 1 heterocycles. The molecule has 0 aromatic carbocycles. The van der Waals surface area contributed by atoms with Crippen molar-refractivity contribution >= 4 is 5.97 Å². The Morgan fingerprint density at radius 1 is 1.55 bits per heavy atom. The van der Waals surface area contributed by atoms with Gasteiger partial charge in [-0.05, 0) is 19.4 Å². The lowest BCUT2D eigenvalue weighted by Crippen LogP contribution is -2.27. The first-order valence-electron chi connectivity index (χ1n) is 4.13. The molecule has 1 unspecified atom stereocenters. The lowest BCUT2D eigenvalue weighted by molar-refractivity contribution is -0.145. The fraction of sp³-hybridized carbons (Fsp3) is 0.875. The molecule has 1 fully saturated rings. The van der Waals surface area contributed by atoms with Gasteiger partial charge in [0.25, 0.3) is 0 Å². The summed E-state index contributed by atoms with van der Waals surface area (Å²) < 4.78 is 4.67. The van der Waals surface area contributed by atoms with Crippen LogP contribution in [-0.4, -0.2) is 26.2 Å². The molecule has 11 heavy (non-hydrogen) atoms. The zero-order chi connectivity index (χ0) is 8.10. The van der Waals surface area contributed by atoms with Crippen molar-refractivity contribution < 1.29 is 9.53 Å². The largest absolute Gasteiger partial charge is 0.469 e. The quantitative estimate of drug-likeness (QED) is 0.565. The number of ether oxygens (including phenoxy) is 1. The Hall–Kier alpha value is -0.570. The predicted molar refractivity (Wildman–Crippen MR) is 42.2 cm³/mol. The van der Waals surface area contributed by atoms with E-state index in [-0.39, 0.29) is 11.9 Å². The Kier molecular flexibility index (Phi) is 3.36. The van der Waals surface area contributed by atoms with Gasteiger partial charge in [0.05, 0.1) is 13.0 Å². The molecule has 0 aromatic heterocycles. The fourth-order valence-electron chi connectivity index (χ4n) is 1.39. The second-order valence-electron chi connectivity index (χ2n) is 2.92. The van der Waals surface area contributed by atoms with E-state index in [0.717, 1.165) is 25.9 Å². The van der Waals surface area contributed by atoms with Gasteiger partial charge in [-0.15, -0.1) is 0 Å². The van der Waals surface area contributed by atoms with Crippen LogP contribution >= 0.6 is 0 Å². The van der Waals surface area contributed by atoms with Gasteiger partial charge in [0.15, 0.2) is 0 Å². The molecule has 3 heteroatoms. The Labute approximate surface area is 67.1 Å². The summed E-state index contributed by atoms with van der Waals surface area (Å²) >= 11 is 0. The maximum absolute atomic E-state index is 11.1. The predicted octanol–water partition coefficient (Wildman–Crippen LogP) is 0.549. The van der Waals surface area contributed by atoms with Gasteiger partial charge in [0, 0.05) is 6.54 Å². The molecule has 1 aliphatic rings. The molecule has 0 amide bonds. The summed E-state index contributed by atoms with van der Waals surface area (Å²) in [5.41, 5.74) is 0. The van der Waals surface area contributed by atoms with Crippen molar-refractivity contribution in [3.05, 3.63) is 0 Å². The summed E-state index contributed by atoms with van der Waals surface area (Å²) in [6.45, 7) is 1.82. The van der Waals surface area contributed by atoms with E-state index in [1.807, 2.05) is 0 Å². The van der Waals surface area contributed by atoms with Crippen molar-refractivity contribution in [1.82, 2.24) is 5.32 Å². The summed E-state index contributed by atoms with van der Waals surface area (Å²) in [6, 6.07) is 0. The van der Waals surface area contributed by atoms with Gasteiger partial charge in [-0.25, -0.2) is 0 Å². The Morgan fingerprint density at radius 2 is 2.36 bits per heavy atom. The smallest absolute Gasteiger partial charge is 0.309 e. The number of carbonyl (C=O) groups excluding carboxylic acids is 1. The van der Waals surface area contributed by atoms with Crippen LogP contribution in [0.5, 0.6) is 0 Å². The normalized spacial score (nSPS) is 25.7. The highest BCUT2D eigenvalue weighted by Gasteiger charge is 2.19. The third-order valence-electron chi connectivity index (χ3n) is 2.08. The number of hydrogen-bond acceptors (Lipinski definition) is 3. The van der Waals surface area contributed by atoms with Crippen LogP contribution < -0.4 is 5.32 Å². The van der Waals surface area contributed by atoms with Crippen molar-refractivity contribution in [2.24, 2.45) is 5.92 Å². The highest BCUT2D eigenvalue weighted by atomic mass is 16.5. The van der Waals surface area contributed by atoms with Gasteiger partial charge in [0.2, 0.25) is 0 Å². The molecule has 1 N–H and O–H groups in total. The van der Waals surface area contributed by atoms with Crippen molar-refractivity contribution in [2.45, 2.75) is 19.3 Å². The van der Waals surface area contributed by atoms with Crippen molar-refractivity contribution in [1.29, 1.82) is 0 Å². The molecular formula is C8H15NO2. The third-order valence-corrected chi connectivity index (χ3v) is 2.08. The zero-order valence-electron chi connectivity index (χ0n) is 6.93. The van der Waals surface area contributed by atoms with Crippen molar-refractivity contribution in [3.63, 3.8) is 0 Å². The fourth-order valence-corrected chi connectivity index (χ4v) is 1.39. The first-order chi connectivity index (χ1) is 5.34. The molecule has 0 radical (unpaired) electrons. The van der Waals surface area contributed by atoms with Crippen LogP contribution in [0.3, 0.4) is 0 Å². The van der Waals surface area contributed by atoms with E-state index in [0.29, 0.717) is 0 Å². The number of hydrogen-bond donors (Lipinski definition) is 1. The SMILES string of the molecule is COC(=O)C1CCCCNC1.